The van der Waals surface area contributed by atoms with Crippen molar-refractivity contribution in [3.63, 3.8) is 0 Å². The summed E-state index contributed by atoms with van der Waals surface area (Å²) in [5.74, 6) is 0.849. The maximum Gasteiger partial charge on any atom is 0.136 e. The third kappa shape index (κ3) is 3.08. The minimum atomic E-state index is -0.783. The van der Waals surface area contributed by atoms with Crippen molar-refractivity contribution in [1.29, 1.82) is 0 Å². The summed E-state index contributed by atoms with van der Waals surface area (Å²) in [5, 5.41) is 21.5. The van der Waals surface area contributed by atoms with Gasteiger partial charge in [-0.3, -0.25) is 0 Å². The van der Waals surface area contributed by atoms with Crippen LogP contribution >= 0.6 is 0 Å². The van der Waals surface area contributed by atoms with E-state index in [0.717, 1.165) is 28.7 Å². The van der Waals surface area contributed by atoms with Gasteiger partial charge in [-0.2, -0.15) is 0 Å². The van der Waals surface area contributed by atoms with Gasteiger partial charge in [0.05, 0.1) is 12.2 Å². The molecule has 1 aromatic carbocycles. The highest BCUT2D eigenvalue weighted by molar-refractivity contribution is 5.94. The largest absolute Gasteiger partial charge is 0.392 e. The van der Waals surface area contributed by atoms with Gasteiger partial charge in [0.2, 0.25) is 0 Å². The maximum absolute atomic E-state index is 10.0. The number of anilines is 1. The van der Waals surface area contributed by atoms with Crippen LogP contribution in [0.2, 0.25) is 0 Å². The second-order valence-electron chi connectivity index (χ2n) is 5.64. The van der Waals surface area contributed by atoms with Crippen LogP contribution in [0.3, 0.4) is 0 Å². The molecule has 0 amide bonds. The molecule has 0 aliphatic rings. The molecule has 0 fully saturated rings. The first-order valence-electron chi connectivity index (χ1n) is 6.91. The number of aliphatic hydroxyl groups is 2. The van der Waals surface area contributed by atoms with Gasteiger partial charge in [0, 0.05) is 30.2 Å². The van der Waals surface area contributed by atoms with Crippen LogP contribution in [0, 0.1) is 0 Å². The molecule has 2 aromatic rings. The van der Waals surface area contributed by atoms with Gasteiger partial charge in [-0.1, -0.05) is 24.3 Å². The summed E-state index contributed by atoms with van der Waals surface area (Å²) >= 11 is 0. The van der Waals surface area contributed by atoms with Gasteiger partial charge in [-0.25, -0.2) is 4.98 Å². The van der Waals surface area contributed by atoms with Gasteiger partial charge in [0.15, 0.2) is 0 Å². The molecule has 0 saturated heterocycles. The smallest absolute Gasteiger partial charge is 0.136 e. The molecule has 1 aromatic heterocycles. The lowest BCUT2D eigenvalue weighted by molar-refractivity contribution is 0.0875. The summed E-state index contributed by atoms with van der Waals surface area (Å²) in [5.41, 5.74) is 0.0395. The SMILES string of the molecule is CCN(CC(C)(C)O)c1ncc(CO)c2ccccc12. The monoisotopic (exact) mass is 274 g/mol. The van der Waals surface area contributed by atoms with Crippen molar-refractivity contribution in [2.45, 2.75) is 33.0 Å². The van der Waals surface area contributed by atoms with Crippen molar-refractivity contribution >= 4 is 16.6 Å². The molecule has 20 heavy (non-hydrogen) atoms. The van der Waals surface area contributed by atoms with Crippen molar-refractivity contribution in [2.75, 3.05) is 18.0 Å². The van der Waals surface area contributed by atoms with Crippen LogP contribution < -0.4 is 4.90 Å². The molecule has 4 heteroatoms. The van der Waals surface area contributed by atoms with E-state index in [1.54, 1.807) is 20.0 Å². The molecule has 0 unspecified atom stereocenters. The third-order valence-electron chi connectivity index (χ3n) is 3.29. The molecule has 108 valence electrons. The average Bonchev–Trinajstić information content (AvgIpc) is 2.42. The Morgan fingerprint density at radius 2 is 1.85 bits per heavy atom. The molecule has 0 spiro atoms. The number of benzene rings is 1. The van der Waals surface area contributed by atoms with Crippen LogP contribution in [0.25, 0.3) is 10.8 Å². The van der Waals surface area contributed by atoms with E-state index in [-0.39, 0.29) is 6.61 Å². The molecule has 4 nitrogen and oxygen atoms in total. The molecule has 2 rings (SSSR count). The second kappa shape index (κ2) is 5.77. The predicted octanol–water partition coefficient (Wildman–Crippen LogP) is 2.32. The molecule has 0 bridgehead atoms. The predicted molar refractivity (Wildman–Crippen MR) is 81.9 cm³/mol. The van der Waals surface area contributed by atoms with E-state index in [0.29, 0.717) is 6.54 Å². The number of likely N-dealkylation sites (N-methyl/N-ethyl adjacent to an activating group) is 1. The minimum absolute atomic E-state index is 0.0224. The first kappa shape index (κ1) is 14.8. The lowest BCUT2D eigenvalue weighted by Gasteiger charge is -2.30. The number of hydrogen-bond donors (Lipinski definition) is 2. The van der Waals surface area contributed by atoms with Gasteiger partial charge in [0.1, 0.15) is 5.82 Å². The van der Waals surface area contributed by atoms with Gasteiger partial charge in [-0.05, 0) is 26.2 Å². The van der Waals surface area contributed by atoms with Crippen LogP contribution in [0.5, 0.6) is 0 Å². The van der Waals surface area contributed by atoms with Crippen molar-refractivity contribution in [3.05, 3.63) is 36.0 Å². The molecule has 0 radical (unpaired) electrons. The molecule has 2 N–H and O–H groups in total. The minimum Gasteiger partial charge on any atom is -0.392 e. The second-order valence-corrected chi connectivity index (χ2v) is 5.64. The van der Waals surface area contributed by atoms with Crippen LogP contribution in [-0.2, 0) is 6.61 Å². The highest BCUT2D eigenvalue weighted by Crippen LogP contribution is 2.28. The van der Waals surface area contributed by atoms with Gasteiger partial charge >= 0.3 is 0 Å². The fourth-order valence-corrected chi connectivity index (χ4v) is 2.42. The maximum atomic E-state index is 10.0. The van der Waals surface area contributed by atoms with Crippen molar-refractivity contribution < 1.29 is 10.2 Å². The molecule has 1 heterocycles. The topological polar surface area (TPSA) is 56.6 Å². The Balaban J connectivity index is 2.53. The number of nitrogens with zero attached hydrogens (tertiary/aromatic N) is 2. The van der Waals surface area contributed by atoms with E-state index in [4.69, 9.17) is 0 Å². The molecule has 0 aliphatic carbocycles. The number of pyridine rings is 1. The van der Waals surface area contributed by atoms with Crippen LogP contribution in [0.4, 0.5) is 5.82 Å². The third-order valence-corrected chi connectivity index (χ3v) is 3.29. The Kier molecular flexibility index (Phi) is 4.26. The lowest BCUT2D eigenvalue weighted by atomic mass is 10.1. The Morgan fingerprint density at radius 3 is 2.40 bits per heavy atom. The summed E-state index contributed by atoms with van der Waals surface area (Å²) in [7, 11) is 0. The molecular formula is C16H22N2O2. The van der Waals surface area contributed by atoms with Gasteiger partial charge in [-0.15, -0.1) is 0 Å². The van der Waals surface area contributed by atoms with Gasteiger partial charge < -0.3 is 15.1 Å². The Hall–Kier alpha value is -1.65. The number of rotatable bonds is 5. The molecular weight excluding hydrogens is 252 g/mol. The van der Waals surface area contributed by atoms with Crippen molar-refractivity contribution in [3.8, 4) is 0 Å². The zero-order valence-electron chi connectivity index (χ0n) is 12.3. The summed E-state index contributed by atoms with van der Waals surface area (Å²) in [6.07, 6.45) is 1.71. The van der Waals surface area contributed by atoms with Crippen LogP contribution in [-0.4, -0.2) is 33.9 Å². The van der Waals surface area contributed by atoms with E-state index < -0.39 is 5.60 Å². The van der Waals surface area contributed by atoms with Gasteiger partial charge in [0.25, 0.3) is 0 Å². The van der Waals surface area contributed by atoms with E-state index >= 15 is 0 Å². The van der Waals surface area contributed by atoms with Crippen LogP contribution in [0.15, 0.2) is 30.5 Å². The number of hydrogen-bond acceptors (Lipinski definition) is 4. The van der Waals surface area contributed by atoms with E-state index in [1.165, 1.54) is 0 Å². The molecule has 0 saturated carbocycles. The normalized spacial score (nSPS) is 11.8. The zero-order valence-corrected chi connectivity index (χ0v) is 12.3. The summed E-state index contributed by atoms with van der Waals surface area (Å²) in [6.45, 7) is 6.88. The Labute approximate surface area is 119 Å². The fraction of sp³-hybridized carbons (Fsp3) is 0.438. The first-order chi connectivity index (χ1) is 9.46. The Bertz CT molecular complexity index is 591. The quantitative estimate of drug-likeness (QED) is 0.878. The first-order valence-corrected chi connectivity index (χ1v) is 6.91. The van der Waals surface area contributed by atoms with E-state index in [9.17, 15) is 10.2 Å². The highest BCUT2D eigenvalue weighted by atomic mass is 16.3. The summed E-state index contributed by atoms with van der Waals surface area (Å²) < 4.78 is 0. The Morgan fingerprint density at radius 1 is 1.20 bits per heavy atom. The van der Waals surface area contributed by atoms with Crippen LogP contribution in [0.1, 0.15) is 26.3 Å². The molecule has 0 atom stereocenters. The molecule has 0 aliphatic heterocycles. The van der Waals surface area contributed by atoms with E-state index in [1.807, 2.05) is 31.2 Å². The standard InChI is InChI=1S/C16H22N2O2/c1-4-18(11-16(2,3)20)15-14-8-6-5-7-13(14)12(10-19)9-17-15/h5-9,19-20H,4,10-11H2,1-3H3. The number of fused-ring (bicyclic) bond motifs is 1. The lowest BCUT2D eigenvalue weighted by Crippen LogP contribution is -2.39. The number of aliphatic hydroxyl groups excluding tert-OH is 1. The van der Waals surface area contributed by atoms with E-state index in [2.05, 4.69) is 9.88 Å². The average molecular weight is 274 g/mol. The van der Waals surface area contributed by atoms with Crippen molar-refractivity contribution in [1.82, 2.24) is 4.98 Å². The summed E-state index contributed by atoms with van der Waals surface area (Å²) in [4.78, 5) is 6.55. The number of aromatic nitrogens is 1. The van der Waals surface area contributed by atoms with Crippen molar-refractivity contribution in [2.24, 2.45) is 0 Å². The highest BCUT2D eigenvalue weighted by Gasteiger charge is 2.20. The fourth-order valence-electron chi connectivity index (χ4n) is 2.42. The zero-order chi connectivity index (χ0) is 14.8. The summed E-state index contributed by atoms with van der Waals surface area (Å²) in [6, 6.07) is 7.91.